The minimum Gasteiger partial charge on any atom is -0.310 e. The molecule has 0 radical (unpaired) electrons. The van der Waals surface area contributed by atoms with Gasteiger partial charge in [-0.3, -0.25) is 4.98 Å². The third-order valence-electron chi connectivity index (χ3n) is 3.33. The van der Waals surface area contributed by atoms with Crippen LogP contribution in [0.15, 0.2) is 37.1 Å². The van der Waals surface area contributed by atoms with Gasteiger partial charge in [-0.15, -0.1) is 0 Å². The van der Waals surface area contributed by atoms with Gasteiger partial charge in [0.1, 0.15) is 6.33 Å². The summed E-state index contributed by atoms with van der Waals surface area (Å²) in [4.78, 5) is 12.8. The van der Waals surface area contributed by atoms with Gasteiger partial charge in [0.25, 0.3) is 0 Å². The van der Waals surface area contributed by atoms with Crippen LogP contribution in [-0.4, -0.2) is 21.5 Å². The topological polar surface area (TPSA) is 50.7 Å². The Morgan fingerprint density at radius 2 is 1.90 bits per heavy atom. The van der Waals surface area contributed by atoms with Crippen LogP contribution in [0.5, 0.6) is 0 Å². The zero-order chi connectivity index (χ0) is 14.2. The molecular formula is C16H22N4. The maximum Gasteiger partial charge on any atom is 0.115 e. The van der Waals surface area contributed by atoms with Crippen molar-refractivity contribution in [3.05, 3.63) is 53.9 Å². The smallest absolute Gasteiger partial charge is 0.115 e. The maximum absolute atomic E-state index is 4.54. The largest absolute Gasteiger partial charge is 0.310 e. The highest BCUT2D eigenvalue weighted by Crippen LogP contribution is 2.16. The van der Waals surface area contributed by atoms with Gasteiger partial charge in [0, 0.05) is 42.3 Å². The summed E-state index contributed by atoms with van der Waals surface area (Å²) in [5, 5.41) is 3.54. The first kappa shape index (κ1) is 14.6. The number of nitrogens with zero attached hydrogens (tertiary/aromatic N) is 3. The second-order valence-corrected chi connectivity index (χ2v) is 4.89. The summed E-state index contributed by atoms with van der Waals surface area (Å²) in [6.45, 7) is 5.29. The molecule has 0 aliphatic carbocycles. The van der Waals surface area contributed by atoms with Crippen LogP contribution < -0.4 is 5.32 Å². The second-order valence-electron chi connectivity index (χ2n) is 4.89. The van der Waals surface area contributed by atoms with Crippen molar-refractivity contribution in [1.82, 2.24) is 20.3 Å². The Morgan fingerprint density at radius 1 is 1.10 bits per heavy atom. The molecule has 0 spiro atoms. The lowest BCUT2D eigenvalue weighted by Gasteiger charge is -2.18. The molecular weight excluding hydrogens is 248 g/mol. The average molecular weight is 270 g/mol. The van der Waals surface area contributed by atoms with Crippen LogP contribution in [0.2, 0.25) is 0 Å². The Hall–Kier alpha value is -1.81. The Bertz CT molecular complexity index is 496. The number of nitrogens with one attached hydrogen (secondary N) is 1. The monoisotopic (exact) mass is 270 g/mol. The summed E-state index contributed by atoms with van der Waals surface area (Å²) in [7, 11) is 0. The van der Waals surface area contributed by atoms with E-state index in [-0.39, 0.29) is 6.04 Å². The van der Waals surface area contributed by atoms with Gasteiger partial charge in [-0.1, -0.05) is 19.9 Å². The molecule has 0 bridgehead atoms. The van der Waals surface area contributed by atoms with Crippen molar-refractivity contribution in [1.29, 1.82) is 0 Å². The first-order chi connectivity index (χ1) is 9.83. The molecule has 4 nitrogen and oxygen atoms in total. The van der Waals surface area contributed by atoms with Gasteiger partial charge >= 0.3 is 0 Å². The van der Waals surface area contributed by atoms with Gasteiger partial charge in [0.15, 0.2) is 0 Å². The third-order valence-corrected chi connectivity index (χ3v) is 3.33. The molecule has 4 heteroatoms. The summed E-state index contributed by atoms with van der Waals surface area (Å²) in [5.74, 6) is 0. The van der Waals surface area contributed by atoms with Gasteiger partial charge in [0.05, 0.1) is 0 Å². The highest BCUT2D eigenvalue weighted by molar-refractivity contribution is 5.18. The third kappa shape index (κ3) is 4.10. The van der Waals surface area contributed by atoms with E-state index < -0.39 is 0 Å². The molecule has 2 heterocycles. The fourth-order valence-electron chi connectivity index (χ4n) is 2.11. The van der Waals surface area contributed by atoms with Gasteiger partial charge in [0.2, 0.25) is 0 Å². The molecule has 0 aromatic carbocycles. The van der Waals surface area contributed by atoms with Crippen molar-refractivity contribution in [2.24, 2.45) is 0 Å². The molecule has 2 aromatic heterocycles. The van der Waals surface area contributed by atoms with Crippen LogP contribution in [0.3, 0.4) is 0 Å². The van der Waals surface area contributed by atoms with Gasteiger partial charge in [-0.05, 0) is 31.0 Å². The minimum absolute atomic E-state index is 0.219. The summed E-state index contributed by atoms with van der Waals surface area (Å²) >= 11 is 0. The number of hydrogen-bond acceptors (Lipinski definition) is 4. The average Bonchev–Trinajstić information content (AvgIpc) is 2.53. The molecule has 0 saturated heterocycles. The number of aromatic nitrogens is 3. The van der Waals surface area contributed by atoms with E-state index in [9.17, 15) is 0 Å². The van der Waals surface area contributed by atoms with Crippen molar-refractivity contribution >= 4 is 0 Å². The Labute approximate surface area is 120 Å². The van der Waals surface area contributed by atoms with E-state index in [2.05, 4.69) is 46.2 Å². The predicted octanol–water partition coefficient (Wildman–Crippen LogP) is 2.72. The number of pyridine rings is 1. The molecule has 20 heavy (non-hydrogen) atoms. The van der Waals surface area contributed by atoms with Crippen LogP contribution in [0.1, 0.15) is 43.1 Å². The normalized spacial score (nSPS) is 12.3. The van der Waals surface area contributed by atoms with Crippen molar-refractivity contribution in [2.75, 3.05) is 6.54 Å². The quantitative estimate of drug-likeness (QED) is 0.840. The van der Waals surface area contributed by atoms with Crippen LogP contribution in [0, 0.1) is 0 Å². The van der Waals surface area contributed by atoms with E-state index in [1.807, 2.05) is 18.6 Å². The number of rotatable bonds is 7. The number of hydrogen-bond donors (Lipinski definition) is 1. The Morgan fingerprint density at radius 3 is 2.50 bits per heavy atom. The first-order valence-electron chi connectivity index (χ1n) is 7.25. The molecule has 2 aromatic rings. The van der Waals surface area contributed by atoms with Crippen LogP contribution in [0.4, 0.5) is 0 Å². The van der Waals surface area contributed by atoms with E-state index in [0.29, 0.717) is 0 Å². The van der Waals surface area contributed by atoms with Crippen LogP contribution in [-0.2, 0) is 12.8 Å². The standard InChI is InChI=1S/C16H22N4/c1-3-7-19-16(14-10-17-12-18-11-14)8-15-6-5-13(4-2)9-20-15/h5-6,9-12,16,19H,3-4,7-8H2,1-2H3. The molecule has 2 rings (SSSR count). The van der Waals surface area contributed by atoms with Crippen LogP contribution >= 0.6 is 0 Å². The molecule has 0 amide bonds. The lowest BCUT2D eigenvalue weighted by Crippen LogP contribution is -2.24. The summed E-state index contributed by atoms with van der Waals surface area (Å²) in [6.07, 6.45) is 10.3. The molecule has 1 atom stereocenters. The molecule has 0 saturated carbocycles. The zero-order valence-corrected chi connectivity index (χ0v) is 12.2. The molecule has 0 aliphatic rings. The fraction of sp³-hybridized carbons (Fsp3) is 0.438. The lowest BCUT2D eigenvalue weighted by atomic mass is 10.0. The molecule has 1 unspecified atom stereocenters. The van der Waals surface area contributed by atoms with E-state index in [0.717, 1.165) is 37.1 Å². The van der Waals surface area contributed by atoms with Gasteiger partial charge in [-0.25, -0.2) is 9.97 Å². The first-order valence-corrected chi connectivity index (χ1v) is 7.25. The van der Waals surface area contributed by atoms with E-state index in [1.54, 1.807) is 6.33 Å². The minimum atomic E-state index is 0.219. The lowest BCUT2D eigenvalue weighted by molar-refractivity contribution is 0.521. The molecule has 1 N–H and O–H groups in total. The van der Waals surface area contributed by atoms with Gasteiger partial charge < -0.3 is 5.32 Å². The Balaban J connectivity index is 2.10. The highest BCUT2D eigenvalue weighted by atomic mass is 14.9. The van der Waals surface area contributed by atoms with Crippen molar-refractivity contribution < 1.29 is 0 Å². The maximum atomic E-state index is 4.54. The summed E-state index contributed by atoms with van der Waals surface area (Å²) < 4.78 is 0. The predicted molar refractivity (Wildman–Crippen MR) is 80.4 cm³/mol. The van der Waals surface area contributed by atoms with E-state index in [4.69, 9.17) is 0 Å². The van der Waals surface area contributed by atoms with Crippen molar-refractivity contribution in [3.8, 4) is 0 Å². The molecule has 0 fully saturated rings. The van der Waals surface area contributed by atoms with Crippen molar-refractivity contribution in [2.45, 2.75) is 39.2 Å². The summed E-state index contributed by atoms with van der Waals surface area (Å²) in [6, 6.07) is 4.49. The van der Waals surface area contributed by atoms with E-state index in [1.165, 1.54) is 5.56 Å². The molecule has 106 valence electrons. The van der Waals surface area contributed by atoms with Crippen molar-refractivity contribution in [3.63, 3.8) is 0 Å². The van der Waals surface area contributed by atoms with E-state index >= 15 is 0 Å². The fourth-order valence-corrected chi connectivity index (χ4v) is 2.11. The SMILES string of the molecule is CCCNC(Cc1ccc(CC)cn1)c1cncnc1. The Kier molecular flexibility index (Phi) is 5.62. The highest BCUT2D eigenvalue weighted by Gasteiger charge is 2.12. The second kappa shape index (κ2) is 7.70. The van der Waals surface area contributed by atoms with Crippen LogP contribution in [0.25, 0.3) is 0 Å². The zero-order valence-electron chi connectivity index (χ0n) is 12.2. The van der Waals surface area contributed by atoms with Gasteiger partial charge in [-0.2, -0.15) is 0 Å². The molecule has 0 aliphatic heterocycles. The summed E-state index contributed by atoms with van der Waals surface area (Å²) in [5.41, 5.74) is 3.48. The number of aryl methyl sites for hydroxylation is 1.